The Hall–Kier alpha value is -2.73. The van der Waals surface area contributed by atoms with Crippen LogP contribution < -0.4 is 5.32 Å². The highest BCUT2D eigenvalue weighted by atomic mass is 16.3. The highest BCUT2D eigenvalue weighted by Crippen LogP contribution is 2.30. The first-order valence-corrected chi connectivity index (χ1v) is 9.15. The van der Waals surface area contributed by atoms with Crippen molar-refractivity contribution in [3.05, 3.63) is 49.0 Å². The number of hydrogen-bond donors (Lipinski definition) is 1. The number of hydrogen-bond acceptors (Lipinski definition) is 6. The van der Waals surface area contributed by atoms with Gasteiger partial charge in [0.25, 0.3) is 0 Å². The SMILES string of the molecule is CCN1CCC[C@@H]1CNc1ncc(-c2ccccn2)c(-c2ccco2)n1. The Labute approximate surface area is 153 Å². The second kappa shape index (κ2) is 7.66. The molecule has 6 heteroatoms. The van der Waals surface area contributed by atoms with E-state index in [4.69, 9.17) is 9.40 Å². The van der Waals surface area contributed by atoms with Gasteiger partial charge in [-0.3, -0.25) is 9.88 Å². The van der Waals surface area contributed by atoms with Gasteiger partial charge in [-0.1, -0.05) is 13.0 Å². The third-order valence-corrected chi connectivity index (χ3v) is 4.89. The molecule has 0 spiro atoms. The molecule has 4 heterocycles. The zero-order valence-corrected chi connectivity index (χ0v) is 14.9. The number of nitrogens with zero attached hydrogens (tertiary/aromatic N) is 4. The number of nitrogens with one attached hydrogen (secondary N) is 1. The van der Waals surface area contributed by atoms with Gasteiger partial charge in [-0.25, -0.2) is 9.97 Å². The molecular weight excluding hydrogens is 326 g/mol. The maximum atomic E-state index is 5.60. The first-order valence-electron chi connectivity index (χ1n) is 9.15. The Morgan fingerprint density at radius 2 is 2.19 bits per heavy atom. The molecule has 26 heavy (non-hydrogen) atoms. The third kappa shape index (κ3) is 3.46. The minimum Gasteiger partial charge on any atom is -0.463 e. The Kier molecular flexibility index (Phi) is 4.93. The fraction of sp³-hybridized carbons (Fsp3) is 0.350. The fourth-order valence-corrected chi connectivity index (χ4v) is 3.53. The summed E-state index contributed by atoms with van der Waals surface area (Å²) in [4.78, 5) is 16.2. The molecule has 1 aliphatic rings. The molecule has 0 aromatic carbocycles. The van der Waals surface area contributed by atoms with E-state index in [1.165, 1.54) is 19.4 Å². The summed E-state index contributed by atoms with van der Waals surface area (Å²) in [5.41, 5.74) is 2.45. The third-order valence-electron chi connectivity index (χ3n) is 4.89. The number of likely N-dealkylation sites (tertiary alicyclic amines) is 1. The van der Waals surface area contributed by atoms with Gasteiger partial charge in [0.2, 0.25) is 5.95 Å². The molecule has 0 amide bonds. The molecule has 3 aromatic rings. The Morgan fingerprint density at radius 3 is 2.96 bits per heavy atom. The minimum atomic E-state index is 0.547. The number of rotatable bonds is 6. The number of anilines is 1. The van der Waals surface area contributed by atoms with Crippen LogP contribution in [0.4, 0.5) is 5.95 Å². The van der Waals surface area contributed by atoms with Gasteiger partial charge in [-0.05, 0) is 50.2 Å². The van der Waals surface area contributed by atoms with Gasteiger partial charge in [0.1, 0.15) is 5.69 Å². The molecule has 1 aliphatic heterocycles. The van der Waals surface area contributed by atoms with Crippen LogP contribution in [0, 0.1) is 0 Å². The summed E-state index contributed by atoms with van der Waals surface area (Å²) >= 11 is 0. The molecule has 1 fully saturated rings. The summed E-state index contributed by atoms with van der Waals surface area (Å²) in [5, 5.41) is 3.41. The highest BCUT2D eigenvalue weighted by molar-refractivity contribution is 5.76. The van der Waals surface area contributed by atoms with E-state index in [2.05, 4.69) is 27.1 Å². The second-order valence-corrected chi connectivity index (χ2v) is 6.45. The molecule has 134 valence electrons. The molecule has 0 bridgehead atoms. The van der Waals surface area contributed by atoms with Crippen LogP contribution in [0.5, 0.6) is 0 Å². The van der Waals surface area contributed by atoms with Gasteiger partial charge in [0, 0.05) is 30.5 Å². The van der Waals surface area contributed by atoms with Gasteiger partial charge in [-0.15, -0.1) is 0 Å². The Morgan fingerprint density at radius 1 is 1.23 bits per heavy atom. The van der Waals surface area contributed by atoms with Crippen LogP contribution in [0.1, 0.15) is 19.8 Å². The van der Waals surface area contributed by atoms with Crippen molar-refractivity contribution < 1.29 is 4.42 Å². The number of likely N-dealkylation sites (N-methyl/N-ethyl adjacent to an activating group) is 1. The summed E-state index contributed by atoms with van der Waals surface area (Å²) in [7, 11) is 0. The van der Waals surface area contributed by atoms with Crippen LogP contribution in [0.15, 0.2) is 53.4 Å². The highest BCUT2D eigenvalue weighted by Gasteiger charge is 2.23. The Balaban J connectivity index is 1.60. The van der Waals surface area contributed by atoms with Gasteiger partial charge < -0.3 is 9.73 Å². The number of furan rings is 1. The van der Waals surface area contributed by atoms with Crippen LogP contribution in [-0.4, -0.2) is 45.5 Å². The van der Waals surface area contributed by atoms with E-state index in [1.807, 2.05) is 36.5 Å². The quantitative estimate of drug-likeness (QED) is 0.732. The molecule has 1 N–H and O–H groups in total. The lowest BCUT2D eigenvalue weighted by Gasteiger charge is -2.23. The predicted molar refractivity (Wildman–Crippen MR) is 102 cm³/mol. The van der Waals surface area contributed by atoms with Crippen LogP contribution in [0.3, 0.4) is 0 Å². The first-order chi connectivity index (χ1) is 12.8. The van der Waals surface area contributed by atoms with E-state index in [9.17, 15) is 0 Å². The van der Waals surface area contributed by atoms with Crippen molar-refractivity contribution in [2.75, 3.05) is 25.0 Å². The standard InChI is InChI=1S/C20H23N5O/c1-2-25-11-5-7-15(25)13-22-20-23-14-16(17-8-3-4-10-21-17)19(24-20)18-9-6-12-26-18/h3-4,6,8-10,12,14-15H,2,5,7,11,13H2,1H3,(H,22,23,24)/t15-/m1/s1. The van der Waals surface area contributed by atoms with Crippen LogP contribution in [0.25, 0.3) is 22.7 Å². The lowest BCUT2D eigenvalue weighted by Crippen LogP contribution is -2.34. The topological polar surface area (TPSA) is 67.1 Å². The van der Waals surface area contributed by atoms with E-state index in [0.717, 1.165) is 30.0 Å². The molecule has 6 nitrogen and oxygen atoms in total. The van der Waals surface area contributed by atoms with Crippen molar-refractivity contribution in [3.8, 4) is 22.7 Å². The second-order valence-electron chi connectivity index (χ2n) is 6.45. The normalized spacial score (nSPS) is 17.5. The molecule has 1 atom stereocenters. The van der Waals surface area contributed by atoms with Crippen molar-refractivity contribution in [1.82, 2.24) is 19.9 Å². The molecule has 3 aromatic heterocycles. The smallest absolute Gasteiger partial charge is 0.223 e. The van der Waals surface area contributed by atoms with E-state index in [0.29, 0.717) is 17.8 Å². The maximum Gasteiger partial charge on any atom is 0.223 e. The van der Waals surface area contributed by atoms with Crippen molar-refractivity contribution in [1.29, 1.82) is 0 Å². The summed E-state index contributed by atoms with van der Waals surface area (Å²) in [6.45, 7) is 5.34. The van der Waals surface area contributed by atoms with Crippen LogP contribution >= 0.6 is 0 Å². The largest absolute Gasteiger partial charge is 0.463 e. The van der Waals surface area contributed by atoms with Crippen molar-refractivity contribution >= 4 is 5.95 Å². The lowest BCUT2D eigenvalue weighted by atomic mass is 10.1. The summed E-state index contributed by atoms with van der Waals surface area (Å²) < 4.78 is 5.60. The first kappa shape index (κ1) is 16.7. The van der Waals surface area contributed by atoms with Gasteiger partial charge in [0.15, 0.2) is 5.76 Å². The molecule has 0 unspecified atom stereocenters. The summed E-state index contributed by atoms with van der Waals surface area (Å²) in [6.07, 6.45) is 7.73. The van der Waals surface area contributed by atoms with Crippen molar-refractivity contribution in [2.45, 2.75) is 25.8 Å². The zero-order valence-electron chi connectivity index (χ0n) is 14.9. The van der Waals surface area contributed by atoms with E-state index in [1.54, 1.807) is 12.5 Å². The van der Waals surface area contributed by atoms with Crippen LogP contribution in [0.2, 0.25) is 0 Å². The average molecular weight is 349 g/mol. The molecule has 4 rings (SSSR count). The molecule has 0 saturated carbocycles. The summed E-state index contributed by atoms with van der Waals surface area (Å²) in [6, 6.07) is 10.1. The van der Waals surface area contributed by atoms with Crippen molar-refractivity contribution in [2.24, 2.45) is 0 Å². The molecule has 0 aliphatic carbocycles. The average Bonchev–Trinajstić information content (AvgIpc) is 3.38. The fourth-order valence-electron chi connectivity index (χ4n) is 3.53. The number of aromatic nitrogens is 3. The predicted octanol–water partition coefficient (Wildman–Crippen LogP) is 3.69. The van der Waals surface area contributed by atoms with Gasteiger partial charge in [0.05, 0.1) is 12.0 Å². The lowest BCUT2D eigenvalue weighted by molar-refractivity contribution is 0.277. The van der Waals surface area contributed by atoms with Crippen molar-refractivity contribution in [3.63, 3.8) is 0 Å². The molecular formula is C20H23N5O. The van der Waals surface area contributed by atoms with E-state index >= 15 is 0 Å². The zero-order chi connectivity index (χ0) is 17.8. The minimum absolute atomic E-state index is 0.547. The van der Waals surface area contributed by atoms with E-state index < -0.39 is 0 Å². The maximum absolute atomic E-state index is 5.60. The monoisotopic (exact) mass is 349 g/mol. The Bertz CT molecular complexity index is 835. The van der Waals surface area contributed by atoms with Crippen LogP contribution in [-0.2, 0) is 0 Å². The van der Waals surface area contributed by atoms with E-state index in [-0.39, 0.29) is 0 Å². The number of pyridine rings is 1. The molecule has 1 saturated heterocycles. The van der Waals surface area contributed by atoms with Gasteiger partial charge in [-0.2, -0.15) is 0 Å². The molecule has 0 radical (unpaired) electrons. The van der Waals surface area contributed by atoms with Gasteiger partial charge >= 0.3 is 0 Å². The summed E-state index contributed by atoms with van der Waals surface area (Å²) in [5.74, 6) is 1.34.